The highest BCUT2D eigenvalue weighted by Crippen LogP contribution is 2.26. The fraction of sp³-hybridized carbons (Fsp3) is 0.0556. The molecule has 1 heterocycles. The molecule has 0 spiro atoms. The van der Waals surface area contributed by atoms with Gasteiger partial charge in [0.2, 0.25) is 0 Å². The highest BCUT2D eigenvalue weighted by Gasteiger charge is 2.14. The van der Waals surface area contributed by atoms with Crippen molar-refractivity contribution in [3.63, 3.8) is 0 Å². The van der Waals surface area contributed by atoms with Crippen LogP contribution in [-0.4, -0.2) is 13.4 Å². The summed E-state index contributed by atoms with van der Waals surface area (Å²) in [4.78, 5) is 4.16. The molecule has 0 unspecified atom stereocenters. The van der Waals surface area contributed by atoms with Gasteiger partial charge >= 0.3 is 0 Å². The van der Waals surface area contributed by atoms with Crippen LogP contribution in [0.1, 0.15) is 5.56 Å². The predicted molar refractivity (Wildman–Crippen MR) is 101 cm³/mol. The van der Waals surface area contributed by atoms with Crippen molar-refractivity contribution in [1.29, 1.82) is 0 Å². The molecule has 0 saturated heterocycles. The first-order chi connectivity index (χ1) is 12.3. The van der Waals surface area contributed by atoms with Crippen molar-refractivity contribution in [1.82, 2.24) is 4.98 Å². The largest absolute Gasteiger partial charge is 0.340 e. The van der Waals surface area contributed by atoms with Crippen LogP contribution in [-0.2, 0) is 10.0 Å². The normalized spacial score (nSPS) is 11.2. The molecular weight excluding hydrogens is 377 g/mol. The van der Waals surface area contributed by atoms with E-state index < -0.39 is 15.8 Å². The number of sulfonamides is 1. The lowest BCUT2D eigenvalue weighted by Gasteiger charge is -2.11. The second-order valence-corrected chi connectivity index (χ2v) is 7.62. The number of hydrogen-bond donors (Lipinski definition) is 2. The molecule has 5 nitrogen and oxygen atoms in total. The standard InChI is InChI=1S/C18H15ClFN3O2S/c1-12-16(19)3-2-4-17(12)22-18-10-7-14(11-21-18)23-26(24,25)15-8-5-13(20)6-9-15/h2-11,23H,1H3,(H,21,22). The maximum absolute atomic E-state index is 12.9. The van der Waals surface area contributed by atoms with Crippen molar-refractivity contribution < 1.29 is 12.8 Å². The molecule has 8 heteroatoms. The maximum atomic E-state index is 12.9. The second-order valence-electron chi connectivity index (χ2n) is 5.53. The average molecular weight is 392 g/mol. The smallest absolute Gasteiger partial charge is 0.261 e. The summed E-state index contributed by atoms with van der Waals surface area (Å²) in [6.45, 7) is 1.88. The minimum absolute atomic E-state index is 0.0318. The molecule has 0 aliphatic rings. The molecule has 3 aromatic rings. The van der Waals surface area contributed by atoms with Gasteiger partial charge in [-0.05, 0) is 61.0 Å². The Bertz CT molecular complexity index is 1020. The van der Waals surface area contributed by atoms with Gasteiger partial charge in [-0.15, -0.1) is 0 Å². The van der Waals surface area contributed by atoms with E-state index in [2.05, 4.69) is 15.0 Å². The fourth-order valence-electron chi connectivity index (χ4n) is 2.24. The minimum atomic E-state index is -3.81. The number of pyridine rings is 1. The van der Waals surface area contributed by atoms with Gasteiger partial charge in [-0.2, -0.15) is 0 Å². The van der Waals surface area contributed by atoms with Crippen LogP contribution in [0, 0.1) is 12.7 Å². The molecule has 26 heavy (non-hydrogen) atoms. The van der Waals surface area contributed by atoms with Crippen molar-refractivity contribution in [2.45, 2.75) is 11.8 Å². The summed E-state index contributed by atoms with van der Waals surface area (Å²) in [7, 11) is -3.81. The van der Waals surface area contributed by atoms with E-state index in [0.717, 1.165) is 23.4 Å². The molecule has 3 rings (SSSR count). The summed E-state index contributed by atoms with van der Waals surface area (Å²) in [5.41, 5.74) is 1.99. The Morgan fingerprint density at radius 3 is 2.42 bits per heavy atom. The molecule has 2 N–H and O–H groups in total. The number of nitrogens with one attached hydrogen (secondary N) is 2. The molecule has 0 amide bonds. The van der Waals surface area contributed by atoms with E-state index >= 15 is 0 Å². The van der Waals surface area contributed by atoms with Crippen LogP contribution in [0.15, 0.2) is 65.7 Å². The van der Waals surface area contributed by atoms with Gasteiger partial charge in [0.25, 0.3) is 10.0 Å². The number of rotatable bonds is 5. The van der Waals surface area contributed by atoms with E-state index in [1.165, 1.54) is 18.3 Å². The van der Waals surface area contributed by atoms with E-state index in [4.69, 9.17) is 11.6 Å². The van der Waals surface area contributed by atoms with Gasteiger partial charge in [-0.3, -0.25) is 4.72 Å². The Labute approximate surface area is 155 Å². The molecule has 1 aromatic heterocycles. The van der Waals surface area contributed by atoms with Gasteiger partial charge in [-0.25, -0.2) is 17.8 Å². The zero-order valence-corrected chi connectivity index (χ0v) is 15.3. The summed E-state index contributed by atoms with van der Waals surface area (Å²) in [6, 6.07) is 13.3. The molecule has 0 aliphatic carbocycles. The van der Waals surface area contributed by atoms with Crippen LogP contribution in [0.25, 0.3) is 0 Å². The Morgan fingerprint density at radius 1 is 1.04 bits per heavy atom. The average Bonchev–Trinajstić information content (AvgIpc) is 2.61. The SMILES string of the molecule is Cc1c(Cl)cccc1Nc1ccc(NS(=O)(=O)c2ccc(F)cc2)cn1. The van der Waals surface area contributed by atoms with Crippen molar-refractivity contribution in [3.8, 4) is 0 Å². The molecule has 2 aromatic carbocycles. The number of anilines is 3. The number of nitrogens with zero attached hydrogens (tertiary/aromatic N) is 1. The Hall–Kier alpha value is -2.64. The molecule has 0 fully saturated rings. The molecule has 0 radical (unpaired) electrons. The second kappa shape index (κ2) is 7.31. The van der Waals surface area contributed by atoms with Gasteiger partial charge in [0.05, 0.1) is 16.8 Å². The van der Waals surface area contributed by atoms with Crippen molar-refractivity contribution in [3.05, 3.63) is 77.2 Å². The quantitative estimate of drug-likeness (QED) is 0.659. The lowest BCUT2D eigenvalue weighted by atomic mass is 10.2. The molecule has 0 aliphatic heterocycles. The summed E-state index contributed by atoms with van der Waals surface area (Å²) < 4.78 is 39.9. The summed E-state index contributed by atoms with van der Waals surface area (Å²) >= 11 is 6.09. The highest BCUT2D eigenvalue weighted by atomic mass is 35.5. The van der Waals surface area contributed by atoms with Crippen LogP contribution < -0.4 is 10.0 Å². The minimum Gasteiger partial charge on any atom is -0.340 e. The van der Waals surface area contributed by atoms with Gasteiger partial charge in [0.15, 0.2) is 0 Å². The predicted octanol–water partition coefficient (Wildman–Crippen LogP) is 4.73. The van der Waals surface area contributed by atoms with Crippen molar-refractivity contribution >= 4 is 38.8 Å². The molecule has 134 valence electrons. The number of halogens is 2. The maximum Gasteiger partial charge on any atom is 0.261 e. The third-order valence-electron chi connectivity index (χ3n) is 3.67. The van der Waals surface area contributed by atoms with Crippen LogP contribution >= 0.6 is 11.6 Å². The first-order valence-corrected chi connectivity index (χ1v) is 9.48. The number of benzene rings is 2. The van der Waals surface area contributed by atoms with E-state index in [-0.39, 0.29) is 4.90 Å². The lowest BCUT2D eigenvalue weighted by molar-refractivity contribution is 0.599. The van der Waals surface area contributed by atoms with Crippen LogP contribution in [0.2, 0.25) is 5.02 Å². The first kappa shape index (κ1) is 18.2. The van der Waals surface area contributed by atoms with Crippen LogP contribution in [0.4, 0.5) is 21.6 Å². The fourth-order valence-corrected chi connectivity index (χ4v) is 3.45. The molecule has 0 bridgehead atoms. The Kier molecular flexibility index (Phi) is 5.11. The van der Waals surface area contributed by atoms with E-state index in [9.17, 15) is 12.8 Å². The third kappa shape index (κ3) is 4.12. The van der Waals surface area contributed by atoms with Crippen molar-refractivity contribution in [2.24, 2.45) is 0 Å². The zero-order valence-electron chi connectivity index (χ0n) is 13.7. The molecular formula is C18H15ClFN3O2S. The van der Waals surface area contributed by atoms with Crippen molar-refractivity contribution in [2.75, 3.05) is 10.0 Å². The lowest BCUT2D eigenvalue weighted by Crippen LogP contribution is -2.13. The van der Waals surface area contributed by atoms with Crippen LogP contribution in [0.3, 0.4) is 0 Å². The number of hydrogen-bond acceptors (Lipinski definition) is 4. The van der Waals surface area contributed by atoms with E-state index in [1.54, 1.807) is 18.2 Å². The topological polar surface area (TPSA) is 71.1 Å². The van der Waals surface area contributed by atoms with E-state index in [0.29, 0.717) is 16.5 Å². The molecule has 0 saturated carbocycles. The van der Waals surface area contributed by atoms with Crippen LogP contribution in [0.5, 0.6) is 0 Å². The zero-order chi connectivity index (χ0) is 18.7. The number of aromatic nitrogens is 1. The Balaban J connectivity index is 1.75. The summed E-state index contributed by atoms with van der Waals surface area (Å²) in [5, 5.41) is 3.76. The van der Waals surface area contributed by atoms with E-state index in [1.807, 2.05) is 19.1 Å². The highest BCUT2D eigenvalue weighted by molar-refractivity contribution is 7.92. The van der Waals surface area contributed by atoms with Gasteiger partial charge in [0, 0.05) is 10.7 Å². The monoisotopic (exact) mass is 391 g/mol. The van der Waals surface area contributed by atoms with Gasteiger partial charge < -0.3 is 5.32 Å². The Morgan fingerprint density at radius 2 is 1.77 bits per heavy atom. The van der Waals surface area contributed by atoms with Gasteiger partial charge in [0.1, 0.15) is 11.6 Å². The summed E-state index contributed by atoms with van der Waals surface area (Å²) in [6.07, 6.45) is 1.39. The summed E-state index contributed by atoms with van der Waals surface area (Å²) in [5.74, 6) is 0.0393. The third-order valence-corrected chi connectivity index (χ3v) is 5.48. The molecule has 0 atom stereocenters. The first-order valence-electron chi connectivity index (χ1n) is 7.62. The van der Waals surface area contributed by atoms with Gasteiger partial charge in [-0.1, -0.05) is 17.7 Å².